The normalized spacial score (nSPS) is 25.4. The molecule has 3 aliphatic heterocycles. The zero-order valence-electron chi connectivity index (χ0n) is 16.1. The van der Waals surface area contributed by atoms with E-state index < -0.39 is 0 Å². The number of rotatable bonds is 4. The minimum Gasteiger partial charge on any atom is -0.363 e. The largest absolute Gasteiger partial charge is 0.363 e. The maximum atomic E-state index is 12.6. The zero-order valence-corrected chi connectivity index (χ0v) is 16.1. The molecule has 0 bridgehead atoms. The number of H-pyrrole nitrogens is 1. The van der Waals surface area contributed by atoms with E-state index in [2.05, 4.69) is 29.9 Å². The molecule has 150 valence electrons. The van der Waals surface area contributed by atoms with Gasteiger partial charge in [-0.25, -0.2) is 0 Å². The van der Waals surface area contributed by atoms with Gasteiger partial charge in [0, 0.05) is 18.4 Å². The molecule has 3 aliphatic rings. The number of aromatic nitrogens is 5. The van der Waals surface area contributed by atoms with Crippen LogP contribution in [-0.2, 0) is 35.6 Å². The molecule has 2 saturated heterocycles. The zero-order chi connectivity index (χ0) is 19.0. The Kier molecular flexibility index (Phi) is 4.64. The van der Waals surface area contributed by atoms with Crippen molar-refractivity contribution in [3.63, 3.8) is 0 Å². The maximum absolute atomic E-state index is 12.6. The van der Waals surface area contributed by atoms with Crippen LogP contribution >= 0.6 is 0 Å². The van der Waals surface area contributed by atoms with E-state index in [1.165, 1.54) is 19.3 Å². The molecule has 9 heteroatoms. The van der Waals surface area contributed by atoms with Crippen LogP contribution in [0.15, 0.2) is 12.3 Å². The number of carbonyl (C=O) groups excluding carboxylic acids is 1. The molecule has 1 N–H and O–H groups in total. The Labute approximate surface area is 164 Å². The minimum atomic E-state index is -0.324. The van der Waals surface area contributed by atoms with Crippen LogP contribution in [0.25, 0.3) is 0 Å². The first-order valence-electron chi connectivity index (χ1n) is 10.2. The highest BCUT2D eigenvalue weighted by atomic mass is 16.5. The lowest BCUT2D eigenvalue weighted by molar-refractivity contribution is -0.132. The molecule has 1 atom stereocenters. The fraction of sp³-hybridized carbons (Fsp3) is 0.684. The highest BCUT2D eigenvalue weighted by Gasteiger charge is 2.44. The lowest BCUT2D eigenvalue weighted by Crippen LogP contribution is -2.45. The third-order valence-corrected chi connectivity index (χ3v) is 6.24. The van der Waals surface area contributed by atoms with E-state index in [0.717, 1.165) is 56.5 Å². The number of likely N-dealkylation sites (tertiary alicyclic amines) is 2. The summed E-state index contributed by atoms with van der Waals surface area (Å²) in [6.45, 7) is 5.68. The second-order valence-electron chi connectivity index (χ2n) is 8.25. The van der Waals surface area contributed by atoms with Gasteiger partial charge in [-0.1, -0.05) is 6.42 Å². The van der Waals surface area contributed by atoms with Crippen LogP contribution in [0.1, 0.15) is 43.0 Å². The summed E-state index contributed by atoms with van der Waals surface area (Å²) in [4.78, 5) is 17.0. The number of carbonyl (C=O) groups is 1. The molecule has 0 aliphatic carbocycles. The number of fused-ring (bicyclic) bond motifs is 1. The minimum absolute atomic E-state index is 0.118. The third kappa shape index (κ3) is 3.44. The molecule has 2 aromatic heterocycles. The third-order valence-electron chi connectivity index (χ3n) is 6.24. The molecule has 0 saturated carbocycles. The van der Waals surface area contributed by atoms with Crippen molar-refractivity contribution >= 4 is 5.91 Å². The Hall–Kier alpha value is -2.26. The average molecular weight is 385 g/mol. The van der Waals surface area contributed by atoms with Crippen LogP contribution in [-0.4, -0.2) is 72.4 Å². The second-order valence-corrected chi connectivity index (χ2v) is 8.25. The molecule has 2 fully saturated rings. The number of amides is 1. The van der Waals surface area contributed by atoms with Crippen molar-refractivity contribution in [1.82, 2.24) is 34.8 Å². The smallest absolute Gasteiger partial charge is 0.228 e. The van der Waals surface area contributed by atoms with Crippen LogP contribution in [0.4, 0.5) is 0 Å². The highest BCUT2D eigenvalue weighted by Crippen LogP contribution is 2.33. The van der Waals surface area contributed by atoms with Crippen molar-refractivity contribution in [2.24, 2.45) is 0 Å². The Morgan fingerprint density at radius 2 is 2.07 bits per heavy atom. The van der Waals surface area contributed by atoms with E-state index in [9.17, 15) is 4.79 Å². The van der Waals surface area contributed by atoms with Crippen LogP contribution in [0.5, 0.6) is 0 Å². The van der Waals surface area contributed by atoms with Crippen molar-refractivity contribution in [2.45, 2.75) is 57.4 Å². The number of nitrogens with zero attached hydrogens (tertiary/aromatic N) is 6. The molecule has 2 aromatic rings. The van der Waals surface area contributed by atoms with Crippen molar-refractivity contribution < 1.29 is 9.53 Å². The number of hydrogen-bond donors (Lipinski definition) is 1. The van der Waals surface area contributed by atoms with Crippen molar-refractivity contribution in [3.8, 4) is 0 Å². The lowest BCUT2D eigenvalue weighted by atomic mass is 10.0. The molecular formula is C19H27N7O2. The fourth-order valence-corrected chi connectivity index (χ4v) is 4.61. The van der Waals surface area contributed by atoms with Crippen LogP contribution in [0.2, 0.25) is 0 Å². The highest BCUT2D eigenvalue weighted by molar-refractivity contribution is 5.78. The first-order chi connectivity index (χ1) is 13.7. The number of piperidine rings is 1. The van der Waals surface area contributed by atoms with Crippen molar-refractivity contribution in [2.75, 3.05) is 26.2 Å². The molecular weight excluding hydrogens is 358 g/mol. The van der Waals surface area contributed by atoms with Gasteiger partial charge >= 0.3 is 0 Å². The number of aromatic amines is 1. The van der Waals surface area contributed by atoms with E-state index in [1.54, 1.807) is 6.20 Å². The van der Waals surface area contributed by atoms with Crippen molar-refractivity contribution in [1.29, 1.82) is 0 Å². The Balaban J connectivity index is 1.26. The Bertz CT molecular complexity index is 827. The molecule has 5 heterocycles. The molecule has 9 nitrogen and oxygen atoms in total. The van der Waals surface area contributed by atoms with E-state index in [-0.39, 0.29) is 11.5 Å². The van der Waals surface area contributed by atoms with Gasteiger partial charge in [-0.2, -0.15) is 5.10 Å². The van der Waals surface area contributed by atoms with Crippen LogP contribution in [0, 0.1) is 0 Å². The molecule has 5 rings (SSSR count). The summed E-state index contributed by atoms with van der Waals surface area (Å²) >= 11 is 0. The summed E-state index contributed by atoms with van der Waals surface area (Å²) in [5.74, 6) is 2.05. The fourth-order valence-electron chi connectivity index (χ4n) is 4.61. The summed E-state index contributed by atoms with van der Waals surface area (Å²) in [5, 5.41) is 15.6. The van der Waals surface area contributed by atoms with E-state index in [1.807, 2.05) is 11.0 Å². The summed E-state index contributed by atoms with van der Waals surface area (Å²) in [5.41, 5.74) is 0.524. The van der Waals surface area contributed by atoms with Crippen LogP contribution < -0.4 is 0 Å². The van der Waals surface area contributed by atoms with Gasteiger partial charge in [-0.05, 0) is 38.4 Å². The van der Waals surface area contributed by atoms with Gasteiger partial charge in [-0.15, -0.1) is 10.2 Å². The molecule has 1 unspecified atom stereocenters. The van der Waals surface area contributed by atoms with Crippen molar-refractivity contribution in [3.05, 3.63) is 29.6 Å². The molecule has 0 radical (unpaired) electrons. The summed E-state index contributed by atoms with van der Waals surface area (Å²) in [6, 6.07) is 1.84. The van der Waals surface area contributed by atoms with E-state index >= 15 is 0 Å². The number of ether oxygens (including phenoxy) is 1. The predicted octanol–water partition coefficient (Wildman–Crippen LogP) is 0.731. The van der Waals surface area contributed by atoms with Gasteiger partial charge in [0.2, 0.25) is 5.91 Å². The monoisotopic (exact) mass is 385 g/mol. The average Bonchev–Trinajstić information content (AvgIpc) is 3.45. The topological polar surface area (TPSA) is 92.2 Å². The first kappa shape index (κ1) is 17.8. The van der Waals surface area contributed by atoms with Gasteiger partial charge in [0.15, 0.2) is 5.82 Å². The van der Waals surface area contributed by atoms with Gasteiger partial charge < -0.3 is 14.2 Å². The SMILES string of the molecule is O=C(Cc1ccn[nH]1)N1CCC2(C1)Cn1c(nnc1CN1CCCCC1)CO2. The van der Waals surface area contributed by atoms with Gasteiger partial charge in [-0.3, -0.25) is 14.8 Å². The summed E-state index contributed by atoms with van der Waals surface area (Å²) < 4.78 is 8.46. The Morgan fingerprint density at radius 3 is 2.89 bits per heavy atom. The summed E-state index contributed by atoms with van der Waals surface area (Å²) in [7, 11) is 0. The van der Waals surface area contributed by atoms with Crippen LogP contribution in [0.3, 0.4) is 0 Å². The standard InChI is InChI=1S/C19H27N7O2/c27-18(10-15-4-6-20-21-15)25-9-5-19(13-25)14-26-16(22-23-17(26)12-28-19)11-24-7-2-1-3-8-24/h4,6H,1-3,5,7-14H2,(H,20,21). The summed E-state index contributed by atoms with van der Waals surface area (Å²) in [6.07, 6.45) is 6.74. The molecule has 0 aromatic carbocycles. The predicted molar refractivity (Wildman–Crippen MR) is 100 cm³/mol. The first-order valence-corrected chi connectivity index (χ1v) is 10.2. The maximum Gasteiger partial charge on any atom is 0.228 e. The lowest BCUT2D eigenvalue weighted by Gasteiger charge is -2.35. The van der Waals surface area contributed by atoms with Gasteiger partial charge in [0.1, 0.15) is 18.0 Å². The second kappa shape index (κ2) is 7.29. The van der Waals surface area contributed by atoms with E-state index in [4.69, 9.17) is 4.74 Å². The van der Waals surface area contributed by atoms with Gasteiger partial charge in [0.05, 0.1) is 26.1 Å². The quantitative estimate of drug-likeness (QED) is 0.834. The number of hydrogen-bond acceptors (Lipinski definition) is 6. The molecule has 1 spiro atoms. The van der Waals surface area contributed by atoms with Gasteiger partial charge in [0.25, 0.3) is 0 Å². The van der Waals surface area contributed by atoms with E-state index in [0.29, 0.717) is 19.6 Å². The molecule has 28 heavy (non-hydrogen) atoms. The Morgan fingerprint density at radius 1 is 1.18 bits per heavy atom. The number of nitrogens with one attached hydrogen (secondary N) is 1. The molecule has 1 amide bonds.